The molecule has 2 heterocycles. The number of hydrogen-bond donors (Lipinski definition) is 2. The zero-order valence-electron chi connectivity index (χ0n) is 14.3. The van der Waals surface area contributed by atoms with Crippen molar-refractivity contribution >= 4 is 5.91 Å². The molecule has 6 nitrogen and oxygen atoms in total. The van der Waals surface area contributed by atoms with Crippen LogP contribution in [0.3, 0.4) is 0 Å². The number of carbonyl (C=O) groups excluding carboxylic acids is 1. The van der Waals surface area contributed by atoms with Crippen molar-refractivity contribution < 1.29 is 9.53 Å². The number of nitrogens with one attached hydrogen (secondary N) is 2. The maximum absolute atomic E-state index is 12.5. The molecule has 2 fully saturated rings. The van der Waals surface area contributed by atoms with Crippen LogP contribution in [-0.4, -0.2) is 53.9 Å². The van der Waals surface area contributed by atoms with Gasteiger partial charge in [0, 0.05) is 31.2 Å². The van der Waals surface area contributed by atoms with E-state index >= 15 is 0 Å². The molecule has 6 heteroatoms. The van der Waals surface area contributed by atoms with E-state index in [0.717, 1.165) is 32.0 Å². The van der Waals surface area contributed by atoms with Crippen molar-refractivity contribution in [3.05, 3.63) is 53.3 Å². The van der Waals surface area contributed by atoms with Crippen LogP contribution in [0.1, 0.15) is 46.5 Å². The Bertz CT molecular complexity index is 705. The topological polar surface area (TPSA) is 70.2 Å². The standard InChI is InChI=1S/C19H24N4O2/c24-19(17-12-16(21-22-17)14-6-7-14)20-13-18(15-4-2-1-3-5-15)23-8-10-25-11-9-23/h1-5,12,14,18H,6-11,13H2,(H,20,24)(H,21,22). The molecular formula is C19H24N4O2. The third-order valence-corrected chi connectivity index (χ3v) is 4.97. The van der Waals surface area contributed by atoms with Crippen LogP contribution in [-0.2, 0) is 4.74 Å². The largest absolute Gasteiger partial charge is 0.379 e. The highest BCUT2D eigenvalue weighted by atomic mass is 16.5. The average molecular weight is 340 g/mol. The Morgan fingerprint density at radius 2 is 2.04 bits per heavy atom. The first-order valence-corrected chi connectivity index (χ1v) is 9.01. The Morgan fingerprint density at radius 1 is 1.28 bits per heavy atom. The van der Waals surface area contributed by atoms with Crippen molar-refractivity contribution in [3.8, 4) is 0 Å². The highest BCUT2D eigenvalue weighted by molar-refractivity contribution is 5.92. The summed E-state index contributed by atoms with van der Waals surface area (Å²) in [6.45, 7) is 3.80. The number of hydrogen-bond acceptors (Lipinski definition) is 4. The van der Waals surface area contributed by atoms with Gasteiger partial charge in [0.1, 0.15) is 5.69 Å². The lowest BCUT2D eigenvalue weighted by Crippen LogP contribution is -2.43. The Balaban J connectivity index is 1.43. The molecule has 0 spiro atoms. The molecule has 1 saturated heterocycles. The third kappa shape index (κ3) is 3.91. The summed E-state index contributed by atoms with van der Waals surface area (Å²) in [5.41, 5.74) is 2.78. The summed E-state index contributed by atoms with van der Waals surface area (Å²) in [7, 11) is 0. The minimum atomic E-state index is -0.114. The van der Waals surface area contributed by atoms with Gasteiger partial charge in [-0.3, -0.25) is 14.8 Å². The first-order chi connectivity index (χ1) is 12.3. The average Bonchev–Trinajstić information content (AvgIpc) is 3.40. The lowest BCUT2D eigenvalue weighted by atomic mass is 10.0. The zero-order chi connectivity index (χ0) is 17.1. The molecule has 2 N–H and O–H groups in total. The van der Waals surface area contributed by atoms with Gasteiger partial charge in [-0.25, -0.2) is 0 Å². The van der Waals surface area contributed by atoms with Crippen LogP contribution in [0.15, 0.2) is 36.4 Å². The number of benzene rings is 1. The molecule has 2 aromatic rings. The van der Waals surface area contributed by atoms with Crippen LogP contribution < -0.4 is 5.32 Å². The van der Waals surface area contributed by atoms with E-state index in [1.54, 1.807) is 0 Å². The predicted octanol–water partition coefficient (Wildman–Crippen LogP) is 2.09. The van der Waals surface area contributed by atoms with Crippen LogP contribution in [0.25, 0.3) is 0 Å². The monoisotopic (exact) mass is 340 g/mol. The molecule has 1 aliphatic heterocycles. The minimum absolute atomic E-state index is 0.114. The molecule has 0 radical (unpaired) electrons. The third-order valence-electron chi connectivity index (χ3n) is 4.97. The van der Waals surface area contributed by atoms with Crippen LogP contribution in [0.5, 0.6) is 0 Å². The smallest absolute Gasteiger partial charge is 0.271 e. The van der Waals surface area contributed by atoms with Gasteiger partial charge >= 0.3 is 0 Å². The van der Waals surface area contributed by atoms with Gasteiger partial charge in [0.2, 0.25) is 0 Å². The second kappa shape index (κ2) is 7.37. The van der Waals surface area contributed by atoms with E-state index in [-0.39, 0.29) is 11.9 Å². The molecule has 1 aromatic heterocycles. The van der Waals surface area contributed by atoms with Crippen molar-refractivity contribution in [3.63, 3.8) is 0 Å². The fourth-order valence-electron chi connectivity index (χ4n) is 3.36. The lowest BCUT2D eigenvalue weighted by Gasteiger charge is -2.34. The van der Waals surface area contributed by atoms with Crippen molar-refractivity contribution in [2.24, 2.45) is 0 Å². The summed E-state index contributed by atoms with van der Waals surface area (Å²) in [6, 6.07) is 12.4. The quantitative estimate of drug-likeness (QED) is 0.845. The fraction of sp³-hybridized carbons (Fsp3) is 0.474. The second-order valence-electron chi connectivity index (χ2n) is 6.77. The highest BCUT2D eigenvalue weighted by Gasteiger charge is 2.27. The van der Waals surface area contributed by atoms with Gasteiger partial charge in [0.05, 0.1) is 19.3 Å². The molecule has 1 unspecified atom stereocenters. The van der Waals surface area contributed by atoms with E-state index < -0.39 is 0 Å². The fourth-order valence-corrected chi connectivity index (χ4v) is 3.36. The molecule has 1 aliphatic carbocycles. The molecule has 1 aromatic carbocycles. The number of aromatic nitrogens is 2. The number of amides is 1. The SMILES string of the molecule is O=C(NCC(c1ccccc1)N1CCOCC1)c1cc(C2CC2)[nH]n1. The number of nitrogens with zero attached hydrogens (tertiary/aromatic N) is 2. The van der Waals surface area contributed by atoms with E-state index in [9.17, 15) is 4.79 Å². The van der Waals surface area contributed by atoms with Gasteiger partial charge in [-0.1, -0.05) is 30.3 Å². The number of H-pyrrole nitrogens is 1. The predicted molar refractivity (Wildman–Crippen MR) is 94.5 cm³/mol. The normalized spacial score (nSPS) is 19.5. The Kier molecular flexibility index (Phi) is 4.81. The van der Waals surface area contributed by atoms with E-state index in [1.807, 2.05) is 24.3 Å². The van der Waals surface area contributed by atoms with Crippen molar-refractivity contribution in [1.29, 1.82) is 0 Å². The number of rotatable bonds is 6. The summed E-state index contributed by atoms with van der Waals surface area (Å²) in [4.78, 5) is 14.9. The van der Waals surface area contributed by atoms with E-state index in [2.05, 4.69) is 32.5 Å². The minimum Gasteiger partial charge on any atom is -0.379 e. The molecule has 25 heavy (non-hydrogen) atoms. The van der Waals surface area contributed by atoms with Crippen molar-refractivity contribution in [1.82, 2.24) is 20.4 Å². The molecule has 1 saturated carbocycles. The summed E-state index contributed by atoms with van der Waals surface area (Å²) in [6.07, 6.45) is 2.38. The Morgan fingerprint density at radius 3 is 2.76 bits per heavy atom. The number of aromatic amines is 1. The molecule has 1 atom stereocenters. The molecule has 0 bridgehead atoms. The summed E-state index contributed by atoms with van der Waals surface area (Å²) in [5.74, 6) is 0.455. The van der Waals surface area contributed by atoms with Crippen LogP contribution in [0.4, 0.5) is 0 Å². The molecular weight excluding hydrogens is 316 g/mol. The lowest BCUT2D eigenvalue weighted by molar-refractivity contribution is 0.0162. The maximum atomic E-state index is 12.5. The number of morpholine rings is 1. The molecule has 4 rings (SSSR count). The van der Waals surface area contributed by atoms with E-state index in [4.69, 9.17) is 4.74 Å². The first-order valence-electron chi connectivity index (χ1n) is 9.01. The van der Waals surface area contributed by atoms with Crippen LogP contribution >= 0.6 is 0 Å². The van der Waals surface area contributed by atoms with E-state index in [0.29, 0.717) is 18.2 Å². The number of ether oxygens (including phenoxy) is 1. The molecule has 132 valence electrons. The van der Waals surface area contributed by atoms with Gasteiger partial charge in [0.15, 0.2) is 0 Å². The van der Waals surface area contributed by atoms with Gasteiger partial charge < -0.3 is 10.1 Å². The summed E-state index contributed by atoms with van der Waals surface area (Å²) >= 11 is 0. The highest BCUT2D eigenvalue weighted by Crippen LogP contribution is 2.38. The van der Waals surface area contributed by atoms with Crippen LogP contribution in [0, 0.1) is 0 Å². The van der Waals surface area contributed by atoms with Gasteiger partial charge in [-0.2, -0.15) is 5.10 Å². The van der Waals surface area contributed by atoms with Gasteiger partial charge in [-0.15, -0.1) is 0 Å². The summed E-state index contributed by atoms with van der Waals surface area (Å²) in [5, 5.41) is 10.2. The summed E-state index contributed by atoms with van der Waals surface area (Å²) < 4.78 is 5.47. The second-order valence-corrected chi connectivity index (χ2v) is 6.77. The van der Waals surface area contributed by atoms with Gasteiger partial charge in [-0.05, 0) is 24.5 Å². The Labute approximate surface area is 147 Å². The van der Waals surface area contributed by atoms with E-state index in [1.165, 1.54) is 18.4 Å². The van der Waals surface area contributed by atoms with Crippen LogP contribution in [0.2, 0.25) is 0 Å². The Hall–Kier alpha value is -2.18. The zero-order valence-corrected chi connectivity index (χ0v) is 14.3. The van der Waals surface area contributed by atoms with Crippen molar-refractivity contribution in [2.75, 3.05) is 32.8 Å². The van der Waals surface area contributed by atoms with Crippen molar-refractivity contribution in [2.45, 2.75) is 24.8 Å². The maximum Gasteiger partial charge on any atom is 0.271 e. The van der Waals surface area contributed by atoms with Gasteiger partial charge in [0.25, 0.3) is 5.91 Å². The number of carbonyl (C=O) groups is 1. The molecule has 1 amide bonds. The first kappa shape index (κ1) is 16.3. The molecule has 2 aliphatic rings.